The third-order valence-electron chi connectivity index (χ3n) is 2.80. The van der Waals surface area contributed by atoms with Gasteiger partial charge in [-0.05, 0) is 24.6 Å². The minimum atomic E-state index is -3.74. The van der Waals surface area contributed by atoms with Gasteiger partial charge in [-0.3, -0.25) is 0 Å². The van der Waals surface area contributed by atoms with Crippen molar-refractivity contribution in [3.05, 3.63) is 23.8 Å². The van der Waals surface area contributed by atoms with Crippen LogP contribution in [0.3, 0.4) is 0 Å². The molecule has 0 bridgehead atoms. The summed E-state index contributed by atoms with van der Waals surface area (Å²) in [5.74, 6) is 4.86. The number of unbranched alkanes of at least 4 members (excludes halogenated alkanes) is 1. The van der Waals surface area contributed by atoms with Crippen LogP contribution in [0.4, 0.5) is 5.69 Å². The van der Waals surface area contributed by atoms with E-state index in [0.29, 0.717) is 17.8 Å². The first-order valence-corrected chi connectivity index (χ1v) is 8.37. The van der Waals surface area contributed by atoms with E-state index in [-0.39, 0.29) is 18.0 Å². The number of nitriles is 1. The van der Waals surface area contributed by atoms with E-state index in [0.717, 1.165) is 12.8 Å². The normalized spacial score (nSPS) is 10.4. The van der Waals surface area contributed by atoms with Crippen LogP contribution >= 0.6 is 0 Å². The minimum Gasteiger partial charge on any atom is -0.384 e. The van der Waals surface area contributed by atoms with Crippen LogP contribution in [0.2, 0.25) is 0 Å². The number of aliphatic hydroxyl groups excluding tert-OH is 1. The molecule has 0 unspecified atom stereocenters. The lowest BCUT2D eigenvalue weighted by molar-refractivity contribution is 0.350. The number of anilines is 1. The van der Waals surface area contributed by atoms with Gasteiger partial charge in [0.05, 0.1) is 23.9 Å². The second-order valence-corrected chi connectivity index (χ2v) is 6.17. The Bertz CT molecular complexity index is 697. The molecule has 0 saturated carbocycles. The van der Waals surface area contributed by atoms with Crippen LogP contribution < -0.4 is 10.0 Å². The Morgan fingerprint density at radius 3 is 2.73 bits per heavy atom. The smallest absolute Gasteiger partial charge is 0.243 e. The third-order valence-corrected chi connectivity index (χ3v) is 4.26. The number of nitrogens with zero attached hydrogens (tertiary/aromatic N) is 1. The minimum absolute atomic E-state index is 0.0772. The second kappa shape index (κ2) is 9.06. The number of rotatable bonds is 7. The van der Waals surface area contributed by atoms with E-state index >= 15 is 0 Å². The van der Waals surface area contributed by atoms with Gasteiger partial charge in [-0.25, -0.2) is 8.42 Å². The Labute approximate surface area is 131 Å². The first-order valence-electron chi connectivity index (χ1n) is 6.89. The second-order valence-electron chi connectivity index (χ2n) is 4.44. The topological polar surface area (TPSA) is 102 Å². The summed E-state index contributed by atoms with van der Waals surface area (Å²) in [6, 6.07) is 6.36. The molecule has 0 aliphatic carbocycles. The Kier molecular flexibility index (Phi) is 7.41. The fraction of sp³-hybridized carbons (Fsp3) is 0.400. The highest BCUT2D eigenvalue weighted by Gasteiger charge is 2.18. The fourth-order valence-corrected chi connectivity index (χ4v) is 2.78. The largest absolute Gasteiger partial charge is 0.384 e. The average Bonchev–Trinajstić information content (AvgIpc) is 2.51. The van der Waals surface area contributed by atoms with E-state index < -0.39 is 10.0 Å². The van der Waals surface area contributed by atoms with Gasteiger partial charge in [0.15, 0.2) is 0 Å². The lowest BCUT2D eigenvalue weighted by atomic mass is 10.2. The van der Waals surface area contributed by atoms with E-state index in [2.05, 4.69) is 21.9 Å². The molecule has 6 nitrogen and oxygen atoms in total. The van der Waals surface area contributed by atoms with Crippen molar-refractivity contribution in [2.45, 2.75) is 24.7 Å². The molecule has 118 valence electrons. The van der Waals surface area contributed by atoms with E-state index in [1.807, 2.05) is 13.0 Å². The zero-order chi connectivity index (χ0) is 16.4. The van der Waals surface area contributed by atoms with Crippen molar-refractivity contribution in [3.8, 4) is 17.9 Å². The molecule has 0 spiro atoms. The monoisotopic (exact) mass is 321 g/mol. The standard InChI is InChI=1S/C15H19N3O3S/c1-2-3-8-17-14-11-13(12-16)6-7-15(14)22(20,21)18-9-4-5-10-19/h6-7,11,17-19H,2-3,8-10H2,1H3. The summed E-state index contributed by atoms with van der Waals surface area (Å²) >= 11 is 0. The van der Waals surface area contributed by atoms with Gasteiger partial charge in [0.1, 0.15) is 11.5 Å². The van der Waals surface area contributed by atoms with Crippen LogP contribution in [0.5, 0.6) is 0 Å². The third kappa shape index (κ3) is 5.38. The predicted octanol–water partition coefficient (Wildman–Crippen LogP) is 1.04. The Morgan fingerprint density at radius 2 is 2.09 bits per heavy atom. The average molecular weight is 321 g/mol. The van der Waals surface area contributed by atoms with Gasteiger partial charge in [-0.2, -0.15) is 9.98 Å². The summed E-state index contributed by atoms with van der Waals surface area (Å²) < 4.78 is 26.9. The lowest BCUT2D eigenvalue weighted by Gasteiger charge is -2.12. The first kappa shape index (κ1) is 18.0. The molecule has 0 radical (unpaired) electrons. The zero-order valence-electron chi connectivity index (χ0n) is 12.4. The van der Waals surface area contributed by atoms with E-state index in [9.17, 15) is 8.42 Å². The highest BCUT2D eigenvalue weighted by atomic mass is 32.2. The molecule has 7 heteroatoms. The Balaban J connectivity index is 3.02. The van der Waals surface area contributed by atoms with Gasteiger partial charge in [-0.1, -0.05) is 25.2 Å². The number of hydrogen-bond donors (Lipinski definition) is 3. The van der Waals surface area contributed by atoms with Crippen LogP contribution in [0.15, 0.2) is 23.1 Å². The number of sulfonamides is 1. The van der Waals surface area contributed by atoms with Crippen molar-refractivity contribution in [1.82, 2.24) is 4.72 Å². The molecule has 0 fully saturated rings. The van der Waals surface area contributed by atoms with Gasteiger partial charge in [-0.15, -0.1) is 0 Å². The van der Waals surface area contributed by atoms with Crippen LogP contribution in [0.25, 0.3) is 0 Å². The molecule has 1 aromatic carbocycles. The Hall–Kier alpha value is -2.06. The molecule has 0 heterocycles. The number of nitrogens with one attached hydrogen (secondary N) is 2. The van der Waals surface area contributed by atoms with Crippen molar-refractivity contribution in [3.63, 3.8) is 0 Å². The summed E-state index contributed by atoms with van der Waals surface area (Å²) in [6.07, 6.45) is 1.87. The molecule has 1 aromatic rings. The predicted molar refractivity (Wildman–Crippen MR) is 84.6 cm³/mol. The maximum absolute atomic E-state index is 12.3. The van der Waals surface area contributed by atoms with Crippen LogP contribution in [0.1, 0.15) is 25.3 Å². The SMILES string of the molecule is CCCCNc1cc(C#N)ccc1S(=O)(=O)NCC#CCO. The van der Waals surface area contributed by atoms with Crippen molar-refractivity contribution < 1.29 is 13.5 Å². The summed E-state index contributed by atoms with van der Waals surface area (Å²) in [6.45, 7) is 2.25. The van der Waals surface area contributed by atoms with E-state index in [4.69, 9.17) is 10.4 Å². The molecular weight excluding hydrogens is 302 g/mol. The van der Waals surface area contributed by atoms with Crippen LogP contribution in [0, 0.1) is 23.2 Å². The van der Waals surface area contributed by atoms with Crippen molar-refractivity contribution >= 4 is 15.7 Å². The van der Waals surface area contributed by atoms with Crippen LogP contribution in [-0.4, -0.2) is 33.2 Å². The van der Waals surface area contributed by atoms with Gasteiger partial charge in [0, 0.05) is 6.54 Å². The summed E-state index contributed by atoms with van der Waals surface area (Å²) in [7, 11) is -3.74. The molecule has 1 rings (SSSR count). The highest BCUT2D eigenvalue weighted by molar-refractivity contribution is 7.89. The van der Waals surface area contributed by atoms with Gasteiger partial charge >= 0.3 is 0 Å². The van der Waals surface area contributed by atoms with Crippen LogP contribution in [-0.2, 0) is 10.0 Å². The van der Waals surface area contributed by atoms with Crippen molar-refractivity contribution in [2.75, 3.05) is 25.0 Å². The molecule has 0 saturated heterocycles. The maximum Gasteiger partial charge on any atom is 0.243 e. The van der Waals surface area contributed by atoms with E-state index in [1.54, 1.807) is 0 Å². The van der Waals surface area contributed by atoms with Gasteiger partial charge < -0.3 is 10.4 Å². The van der Waals surface area contributed by atoms with Gasteiger partial charge in [0.2, 0.25) is 10.0 Å². The summed E-state index contributed by atoms with van der Waals surface area (Å²) in [4.78, 5) is 0.0772. The van der Waals surface area contributed by atoms with Crippen molar-refractivity contribution in [2.24, 2.45) is 0 Å². The highest BCUT2D eigenvalue weighted by Crippen LogP contribution is 2.22. The quantitative estimate of drug-likeness (QED) is 0.514. The van der Waals surface area contributed by atoms with Crippen molar-refractivity contribution in [1.29, 1.82) is 5.26 Å². The molecule has 3 N–H and O–H groups in total. The summed E-state index contributed by atoms with van der Waals surface area (Å²) in [5, 5.41) is 20.5. The lowest BCUT2D eigenvalue weighted by Crippen LogP contribution is -2.25. The maximum atomic E-state index is 12.3. The first-order chi connectivity index (χ1) is 10.5. The van der Waals surface area contributed by atoms with Gasteiger partial charge in [0.25, 0.3) is 0 Å². The number of hydrogen-bond acceptors (Lipinski definition) is 5. The number of aliphatic hydroxyl groups is 1. The van der Waals surface area contributed by atoms with E-state index in [1.165, 1.54) is 18.2 Å². The Morgan fingerprint density at radius 1 is 1.32 bits per heavy atom. The molecule has 0 aromatic heterocycles. The molecule has 0 aliphatic rings. The molecule has 22 heavy (non-hydrogen) atoms. The summed E-state index contributed by atoms with van der Waals surface area (Å²) in [5.41, 5.74) is 0.785. The molecule has 0 atom stereocenters. The fourth-order valence-electron chi connectivity index (χ4n) is 1.70. The number of benzene rings is 1. The molecule has 0 amide bonds. The molecule has 0 aliphatic heterocycles. The molecular formula is C15H19N3O3S. The zero-order valence-corrected chi connectivity index (χ0v) is 13.2.